The first-order chi connectivity index (χ1) is 15.9. The van der Waals surface area contributed by atoms with Gasteiger partial charge >= 0.3 is 0 Å². The summed E-state index contributed by atoms with van der Waals surface area (Å²) in [6.45, 7) is 8.37. The fraction of sp³-hybridized carbons (Fsp3) is 0.440. The van der Waals surface area contributed by atoms with Crippen molar-refractivity contribution in [3.8, 4) is 11.5 Å². The van der Waals surface area contributed by atoms with Gasteiger partial charge in [-0.15, -0.1) is 0 Å². The zero-order valence-electron chi connectivity index (χ0n) is 19.6. The molecule has 0 bridgehead atoms. The molecular weight excluding hydrogens is 421 g/mol. The van der Waals surface area contributed by atoms with Crippen LogP contribution in [0.15, 0.2) is 40.8 Å². The minimum atomic E-state index is -0.345. The predicted octanol–water partition coefficient (Wildman–Crippen LogP) is 3.45. The van der Waals surface area contributed by atoms with Crippen molar-refractivity contribution in [3.63, 3.8) is 0 Å². The van der Waals surface area contributed by atoms with Crippen LogP contribution in [0, 0.1) is 12.7 Å². The molecule has 4 rings (SSSR count). The van der Waals surface area contributed by atoms with Crippen molar-refractivity contribution in [1.29, 1.82) is 0 Å². The molecule has 0 saturated carbocycles. The van der Waals surface area contributed by atoms with Crippen LogP contribution >= 0.6 is 0 Å². The Morgan fingerprint density at radius 2 is 1.88 bits per heavy atom. The number of amides is 1. The van der Waals surface area contributed by atoms with Crippen LogP contribution in [0.1, 0.15) is 12.0 Å². The highest BCUT2D eigenvalue weighted by Crippen LogP contribution is 2.28. The summed E-state index contributed by atoms with van der Waals surface area (Å²) in [5.74, 6) is 0.0756. The van der Waals surface area contributed by atoms with Gasteiger partial charge in [0.1, 0.15) is 11.3 Å². The maximum Gasteiger partial charge on any atom is 0.238 e. The fourth-order valence-corrected chi connectivity index (χ4v) is 4.14. The average Bonchev–Trinajstić information content (AvgIpc) is 3.19. The summed E-state index contributed by atoms with van der Waals surface area (Å²) in [6.07, 6.45) is 1.17. The monoisotopic (exact) mass is 453 g/mol. The van der Waals surface area contributed by atoms with Crippen molar-refractivity contribution < 1.29 is 13.6 Å². The molecule has 2 heterocycles. The van der Waals surface area contributed by atoms with E-state index < -0.39 is 0 Å². The van der Waals surface area contributed by atoms with Crippen molar-refractivity contribution in [2.75, 3.05) is 65.2 Å². The number of nitrogens with one attached hydrogen (secondary N) is 1. The number of piperazine rings is 1. The maximum atomic E-state index is 13.4. The van der Waals surface area contributed by atoms with E-state index >= 15 is 0 Å². The third-order valence-electron chi connectivity index (χ3n) is 6.01. The SMILES string of the molecule is Cc1cc(-c2nc3cc(F)ccc3o2)ccc1NC(=O)CN1CCN(CCCN(C)C)CC1. The molecule has 2 aromatic carbocycles. The minimum absolute atomic E-state index is 0.00996. The summed E-state index contributed by atoms with van der Waals surface area (Å²) in [5.41, 5.74) is 3.50. The highest BCUT2D eigenvalue weighted by molar-refractivity contribution is 5.93. The van der Waals surface area contributed by atoms with Crippen LogP contribution in [0.25, 0.3) is 22.6 Å². The van der Waals surface area contributed by atoms with Gasteiger partial charge in [0.2, 0.25) is 11.8 Å². The Labute approximate surface area is 194 Å². The van der Waals surface area contributed by atoms with Gasteiger partial charge in [0.15, 0.2) is 5.58 Å². The number of anilines is 1. The van der Waals surface area contributed by atoms with E-state index in [1.54, 1.807) is 6.07 Å². The highest BCUT2D eigenvalue weighted by Gasteiger charge is 2.19. The number of carbonyl (C=O) groups is 1. The van der Waals surface area contributed by atoms with Crippen LogP contribution in [-0.2, 0) is 4.79 Å². The molecule has 0 atom stereocenters. The molecule has 0 radical (unpaired) electrons. The van der Waals surface area contributed by atoms with Gasteiger partial charge in [0.25, 0.3) is 0 Å². The van der Waals surface area contributed by atoms with E-state index in [4.69, 9.17) is 4.42 Å². The van der Waals surface area contributed by atoms with Gasteiger partial charge in [0.05, 0.1) is 6.54 Å². The molecule has 1 fully saturated rings. The molecule has 1 aliphatic rings. The Kier molecular flexibility index (Phi) is 7.37. The molecule has 8 heteroatoms. The van der Waals surface area contributed by atoms with Crippen molar-refractivity contribution >= 4 is 22.7 Å². The van der Waals surface area contributed by atoms with E-state index in [0.717, 1.165) is 56.1 Å². The van der Waals surface area contributed by atoms with E-state index in [-0.39, 0.29) is 11.7 Å². The van der Waals surface area contributed by atoms with Crippen LogP contribution in [-0.4, -0.2) is 85.5 Å². The lowest BCUT2D eigenvalue weighted by Crippen LogP contribution is -2.49. The van der Waals surface area contributed by atoms with Crippen LogP contribution < -0.4 is 5.32 Å². The number of carbonyl (C=O) groups excluding carboxylic acids is 1. The van der Waals surface area contributed by atoms with Gasteiger partial charge < -0.3 is 19.5 Å². The lowest BCUT2D eigenvalue weighted by Gasteiger charge is -2.34. The first kappa shape index (κ1) is 23.4. The Hall–Kier alpha value is -2.81. The number of fused-ring (bicyclic) bond motifs is 1. The Bertz CT molecular complexity index is 1110. The summed E-state index contributed by atoms with van der Waals surface area (Å²) in [7, 11) is 4.20. The van der Waals surface area contributed by atoms with Crippen LogP contribution in [0.3, 0.4) is 0 Å². The number of halogens is 1. The zero-order valence-corrected chi connectivity index (χ0v) is 19.6. The van der Waals surface area contributed by atoms with Crippen LogP contribution in [0.4, 0.5) is 10.1 Å². The number of hydrogen-bond acceptors (Lipinski definition) is 6. The molecule has 1 amide bonds. The Morgan fingerprint density at radius 3 is 2.61 bits per heavy atom. The standard InChI is InChI=1S/C25H32FN5O2/c1-18-15-19(25-28-22-16-20(26)6-8-23(22)33-25)5-7-21(18)27-24(32)17-31-13-11-30(12-14-31)10-4-9-29(2)3/h5-8,15-16H,4,9-14,17H2,1-3H3,(H,27,32). The fourth-order valence-electron chi connectivity index (χ4n) is 4.14. The minimum Gasteiger partial charge on any atom is -0.436 e. The van der Waals surface area contributed by atoms with Crippen molar-refractivity contribution in [3.05, 3.63) is 47.8 Å². The average molecular weight is 454 g/mol. The number of oxazole rings is 1. The molecular formula is C25H32FN5O2. The lowest BCUT2D eigenvalue weighted by molar-refractivity contribution is -0.117. The topological polar surface area (TPSA) is 64.9 Å². The molecule has 0 unspecified atom stereocenters. The molecule has 3 aromatic rings. The summed E-state index contributed by atoms with van der Waals surface area (Å²) in [5, 5.41) is 3.03. The van der Waals surface area contributed by atoms with Gasteiger partial charge in [-0.2, -0.15) is 0 Å². The number of benzene rings is 2. The van der Waals surface area contributed by atoms with Gasteiger partial charge in [-0.05, 0) is 76.4 Å². The van der Waals surface area contributed by atoms with E-state index in [1.807, 2.05) is 25.1 Å². The largest absolute Gasteiger partial charge is 0.436 e. The normalized spacial score (nSPS) is 15.4. The maximum absolute atomic E-state index is 13.4. The summed E-state index contributed by atoms with van der Waals surface area (Å²) < 4.78 is 19.2. The van der Waals surface area contributed by atoms with E-state index in [1.165, 1.54) is 18.6 Å². The summed E-state index contributed by atoms with van der Waals surface area (Å²) in [4.78, 5) is 23.9. The van der Waals surface area contributed by atoms with Crippen LogP contribution in [0.2, 0.25) is 0 Å². The van der Waals surface area contributed by atoms with E-state index in [9.17, 15) is 9.18 Å². The quantitative estimate of drug-likeness (QED) is 0.564. The Morgan fingerprint density at radius 1 is 1.12 bits per heavy atom. The number of aryl methyl sites for hydroxylation is 1. The van der Waals surface area contributed by atoms with E-state index in [0.29, 0.717) is 23.5 Å². The molecule has 7 nitrogen and oxygen atoms in total. The molecule has 33 heavy (non-hydrogen) atoms. The molecule has 0 aliphatic carbocycles. The first-order valence-electron chi connectivity index (χ1n) is 11.4. The number of aromatic nitrogens is 1. The lowest BCUT2D eigenvalue weighted by atomic mass is 10.1. The second-order valence-corrected chi connectivity index (χ2v) is 8.98. The highest BCUT2D eigenvalue weighted by atomic mass is 19.1. The predicted molar refractivity (Wildman–Crippen MR) is 129 cm³/mol. The second kappa shape index (κ2) is 10.4. The third kappa shape index (κ3) is 6.16. The number of hydrogen-bond donors (Lipinski definition) is 1. The zero-order chi connectivity index (χ0) is 23.4. The van der Waals surface area contributed by atoms with Crippen molar-refractivity contribution in [1.82, 2.24) is 19.7 Å². The second-order valence-electron chi connectivity index (χ2n) is 8.98. The third-order valence-corrected chi connectivity index (χ3v) is 6.01. The van der Waals surface area contributed by atoms with E-state index in [2.05, 4.69) is 39.1 Å². The summed E-state index contributed by atoms with van der Waals surface area (Å²) in [6, 6.07) is 9.92. The molecule has 176 valence electrons. The molecule has 0 spiro atoms. The molecule has 1 aromatic heterocycles. The van der Waals surface area contributed by atoms with Gasteiger partial charge in [-0.1, -0.05) is 0 Å². The first-order valence-corrected chi connectivity index (χ1v) is 11.4. The van der Waals surface area contributed by atoms with Gasteiger partial charge in [-0.3, -0.25) is 9.69 Å². The van der Waals surface area contributed by atoms with Crippen molar-refractivity contribution in [2.45, 2.75) is 13.3 Å². The van der Waals surface area contributed by atoms with Crippen molar-refractivity contribution in [2.24, 2.45) is 0 Å². The number of nitrogens with zero attached hydrogens (tertiary/aromatic N) is 4. The van der Waals surface area contributed by atoms with Gasteiger partial charge in [0, 0.05) is 43.5 Å². The molecule has 1 saturated heterocycles. The van der Waals surface area contributed by atoms with Gasteiger partial charge in [-0.25, -0.2) is 9.37 Å². The Balaban J connectivity index is 1.30. The molecule has 1 N–H and O–H groups in total. The summed E-state index contributed by atoms with van der Waals surface area (Å²) >= 11 is 0. The smallest absolute Gasteiger partial charge is 0.238 e. The molecule has 1 aliphatic heterocycles. The number of rotatable bonds is 8. The van der Waals surface area contributed by atoms with Crippen LogP contribution in [0.5, 0.6) is 0 Å².